The molecule has 0 aliphatic rings. The predicted molar refractivity (Wildman–Crippen MR) is 77.2 cm³/mol. The zero-order valence-electron chi connectivity index (χ0n) is 12.2. The topological polar surface area (TPSA) is 17.8 Å². The normalized spacial score (nSPS) is 12.8. The van der Waals surface area contributed by atoms with E-state index < -0.39 is 11.9 Å². The van der Waals surface area contributed by atoms with Crippen LogP contribution < -0.4 is 0 Å². The van der Waals surface area contributed by atoms with E-state index in [1.165, 1.54) is 6.20 Å². The SMILES string of the molecule is CC/C=C(\C)c1cnn(-c2ccc(C)cc2)c1C(F)(F)F. The average Bonchev–Trinajstić information content (AvgIpc) is 2.84. The second kappa shape index (κ2) is 5.76. The van der Waals surface area contributed by atoms with Crippen molar-refractivity contribution in [3.8, 4) is 5.69 Å². The molecule has 2 aromatic rings. The van der Waals surface area contributed by atoms with E-state index in [-0.39, 0.29) is 5.56 Å². The van der Waals surface area contributed by atoms with Crippen LogP contribution >= 0.6 is 0 Å². The van der Waals surface area contributed by atoms with E-state index in [4.69, 9.17) is 0 Å². The van der Waals surface area contributed by atoms with Crippen LogP contribution in [0.1, 0.15) is 37.1 Å². The number of rotatable bonds is 3. The maximum atomic E-state index is 13.4. The molecule has 0 N–H and O–H groups in total. The molecule has 2 nitrogen and oxygen atoms in total. The number of hydrogen-bond acceptors (Lipinski definition) is 1. The molecule has 0 radical (unpaired) electrons. The van der Waals surface area contributed by atoms with E-state index in [1.807, 2.05) is 13.8 Å². The van der Waals surface area contributed by atoms with Crippen LogP contribution in [0.3, 0.4) is 0 Å². The molecule has 0 aliphatic heterocycles. The lowest BCUT2D eigenvalue weighted by molar-refractivity contribution is -0.143. The molecule has 5 heteroatoms. The van der Waals surface area contributed by atoms with Gasteiger partial charge < -0.3 is 0 Å². The van der Waals surface area contributed by atoms with E-state index in [2.05, 4.69) is 5.10 Å². The summed E-state index contributed by atoms with van der Waals surface area (Å²) in [6.07, 6.45) is -0.728. The summed E-state index contributed by atoms with van der Waals surface area (Å²) in [6, 6.07) is 6.82. The van der Waals surface area contributed by atoms with E-state index in [0.717, 1.165) is 10.2 Å². The van der Waals surface area contributed by atoms with Gasteiger partial charge in [0.05, 0.1) is 11.9 Å². The number of nitrogens with zero attached hydrogens (tertiary/aromatic N) is 2. The van der Waals surface area contributed by atoms with Crippen LogP contribution in [0.2, 0.25) is 0 Å². The Kier molecular flexibility index (Phi) is 4.21. The molecule has 0 fully saturated rings. The summed E-state index contributed by atoms with van der Waals surface area (Å²) < 4.78 is 41.2. The molecule has 112 valence electrons. The smallest absolute Gasteiger partial charge is 0.228 e. The minimum Gasteiger partial charge on any atom is -0.228 e. The van der Waals surface area contributed by atoms with Gasteiger partial charge in [-0.2, -0.15) is 18.3 Å². The Hall–Kier alpha value is -2.04. The van der Waals surface area contributed by atoms with Crippen LogP contribution in [0.4, 0.5) is 13.2 Å². The molecule has 21 heavy (non-hydrogen) atoms. The van der Waals surface area contributed by atoms with Crippen molar-refractivity contribution in [1.82, 2.24) is 9.78 Å². The lowest BCUT2D eigenvalue weighted by Gasteiger charge is -2.13. The summed E-state index contributed by atoms with van der Waals surface area (Å²) in [6.45, 7) is 5.45. The summed E-state index contributed by atoms with van der Waals surface area (Å²) in [7, 11) is 0. The zero-order chi connectivity index (χ0) is 15.6. The Morgan fingerprint density at radius 1 is 1.24 bits per heavy atom. The number of allylic oxidation sites excluding steroid dienone is 2. The van der Waals surface area contributed by atoms with Crippen LogP contribution in [0, 0.1) is 6.92 Å². The Morgan fingerprint density at radius 3 is 2.38 bits per heavy atom. The van der Waals surface area contributed by atoms with Gasteiger partial charge in [-0.15, -0.1) is 0 Å². The molecule has 2 rings (SSSR count). The van der Waals surface area contributed by atoms with Gasteiger partial charge in [0, 0.05) is 5.56 Å². The van der Waals surface area contributed by atoms with Crippen LogP contribution in [0.5, 0.6) is 0 Å². The van der Waals surface area contributed by atoms with Gasteiger partial charge in [0.15, 0.2) is 5.69 Å². The molecule has 0 bridgehead atoms. The first kappa shape index (κ1) is 15.4. The van der Waals surface area contributed by atoms with Gasteiger partial charge in [-0.3, -0.25) is 0 Å². The van der Waals surface area contributed by atoms with E-state index in [9.17, 15) is 13.2 Å². The van der Waals surface area contributed by atoms with Crippen LogP contribution in [-0.4, -0.2) is 9.78 Å². The first-order valence-electron chi connectivity index (χ1n) is 6.74. The summed E-state index contributed by atoms with van der Waals surface area (Å²) in [4.78, 5) is 0. The van der Waals surface area contributed by atoms with Crippen molar-refractivity contribution in [2.75, 3.05) is 0 Å². The van der Waals surface area contributed by atoms with Crippen LogP contribution in [0.25, 0.3) is 11.3 Å². The fourth-order valence-electron chi connectivity index (χ4n) is 2.21. The van der Waals surface area contributed by atoms with Crippen molar-refractivity contribution >= 4 is 5.57 Å². The molecule has 0 amide bonds. The predicted octanol–water partition coefficient (Wildman–Crippen LogP) is 5.01. The Balaban J connectivity index is 2.63. The fourth-order valence-corrected chi connectivity index (χ4v) is 2.21. The zero-order valence-corrected chi connectivity index (χ0v) is 12.2. The standard InChI is InChI=1S/C16H17F3N2/c1-4-5-12(3)14-10-20-21(15(14)16(17,18)19)13-8-6-11(2)7-9-13/h5-10H,4H2,1-3H3/b12-5+. The van der Waals surface area contributed by atoms with Gasteiger partial charge in [0.25, 0.3) is 0 Å². The second-order valence-electron chi connectivity index (χ2n) is 4.95. The molecular weight excluding hydrogens is 277 g/mol. The van der Waals surface area contributed by atoms with Crippen molar-refractivity contribution in [2.24, 2.45) is 0 Å². The lowest BCUT2D eigenvalue weighted by Crippen LogP contribution is -2.15. The fraction of sp³-hybridized carbons (Fsp3) is 0.312. The highest BCUT2D eigenvalue weighted by Crippen LogP contribution is 2.36. The maximum absolute atomic E-state index is 13.4. The third-order valence-corrected chi connectivity index (χ3v) is 3.25. The van der Waals surface area contributed by atoms with Crippen molar-refractivity contribution < 1.29 is 13.2 Å². The molecule has 1 aromatic heterocycles. The van der Waals surface area contributed by atoms with Crippen LogP contribution in [-0.2, 0) is 6.18 Å². The summed E-state index contributed by atoms with van der Waals surface area (Å²) in [5.74, 6) is 0. The van der Waals surface area contributed by atoms with Gasteiger partial charge in [0.1, 0.15) is 0 Å². The average molecular weight is 294 g/mol. The number of aromatic nitrogens is 2. The molecule has 0 aliphatic carbocycles. The molecule has 0 atom stereocenters. The van der Waals surface area contributed by atoms with Crippen molar-refractivity contribution in [2.45, 2.75) is 33.4 Å². The van der Waals surface area contributed by atoms with Crippen molar-refractivity contribution in [1.29, 1.82) is 0 Å². The van der Waals surface area contributed by atoms with E-state index in [1.54, 1.807) is 37.3 Å². The monoisotopic (exact) mass is 294 g/mol. The highest BCUT2D eigenvalue weighted by molar-refractivity contribution is 5.66. The summed E-state index contributed by atoms with van der Waals surface area (Å²) >= 11 is 0. The molecule has 0 saturated heterocycles. The largest absolute Gasteiger partial charge is 0.434 e. The quantitative estimate of drug-likeness (QED) is 0.777. The van der Waals surface area contributed by atoms with Gasteiger partial charge in [0.2, 0.25) is 0 Å². The maximum Gasteiger partial charge on any atom is 0.434 e. The first-order chi connectivity index (χ1) is 9.84. The van der Waals surface area contributed by atoms with Gasteiger partial charge in [-0.05, 0) is 38.0 Å². The third kappa shape index (κ3) is 3.17. The van der Waals surface area contributed by atoms with Crippen molar-refractivity contribution in [3.05, 3.63) is 53.4 Å². The first-order valence-corrected chi connectivity index (χ1v) is 6.74. The number of hydrogen-bond donors (Lipinski definition) is 0. The highest BCUT2D eigenvalue weighted by atomic mass is 19.4. The molecule has 0 unspecified atom stereocenters. The van der Waals surface area contributed by atoms with E-state index in [0.29, 0.717) is 17.7 Å². The summed E-state index contributed by atoms with van der Waals surface area (Å²) in [5.41, 5.74) is 1.38. The molecule has 1 aromatic carbocycles. The van der Waals surface area contributed by atoms with Gasteiger partial charge in [-0.1, -0.05) is 30.7 Å². The van der Waals surface area contributed by atoms with E-state index >= 15 is 0 Å². The minimum atomic E-state index is -4.46. The number of alkyl halides is 3. The number of benzene rings is 1. The Labute approximate surface area is 121 Å². The summed E-state index contributed by atoms with van der Waals surface area (Å²) in [5, 5.41) is 3.94. The second-order valence-corrected chi connectivity index (χ2v) is 4.95. The van der Waals surface area contributed by atoms with Gasteiger partial charge in [-0.25, -0.2) is 4.68 Å². The highest BCUT2D eigenvalue weighted by Gasteiger charge is 2.38. The lowest BCUT2D eigenvalue weighted by atomic mass is 10.1. The van der Waals surface area contributed by atoms with Crippen molar-refractivity contribution in [3.63, 3.8) is 0 Å². The Morgan fingerprint density at radius 2 is 1.86 bits per heavy atom. The molecular formula is C16H17F3N2. The molecule has 0 spiro atoms. The van der Waals surface area contributed by atoms with Crippen LogP contribution in [0.15, 0.2) is 36.5 Å². The number of halogens is 3. The van der Waals surface area contributed by atoms with Gasteiger partial charge >= 0.3 is 6.18 Å². The third-order valence-electron chi connectivity index (χ3n) is 3.25. The Bertz CT molecular complexity index is 649. The molecule has 1 heterocycles. The number of aryl methyl sites for hydroxylation is 1. The molecule has 0 saturated carbocycles. The minimum absolute atomic E-state index is 0.130.